The molecule has 1 aliphatic rings. The van der Waals surface area contributed by atoms with E-state index in [1.54, 1.807) is 0 Å². The number of hydrogen-bond acceptors (Lipinski definition) is 3. The Bertz CT molecular complexity index is 699. The molecule has 1 amide bonds. The van der Waals surface area contributed by atoms with E-state index in [9.17, 15) is 13.2 Å². The zero-order chi connectivity index (χ0) is 18.8. The van der Waals surface area contributed by atoms with Crippen LogP contribution in [0, 0.1) is 0 Å². The summed E-state index contributed by atoms with van der Waals surface area (Å²) in [6.45, 7) is 1.16. The van der Waals surface area contributed by atoms with Crippen molar-refractivity contribution in [2.24, 2.45) is 0 Å². The molecule has 1 N–H and O–H groups in total. The lowest BCUT2D eigenvalue weighted by atomic mass is 9.97. The Balaban J connectivity index is 1.72. The lowest BCUT2D eigenvalue weighted by Crippen LogP contribution is -2.38. The number of carbonyl (C=O) groups excluding carboxylic acids is 1. The van der Waals surface area contributed by atoms with Gasteiger partial charge in [-0.25, -0.2) is 12.7 Å². The van der Waals surface area contributed by atoms with Crippen molar-refractivity contribution < 1.29 is 13.2 Å². The van der Waals surface area contributed by atoms with Gasteiger partial charge in [0.25, 0.3) is 0 Å². The quantitative estimate of drug-likeness (QED) is 0.637. The van der Waals surface area contributed by atoms with Crippen LogP contribution < -0.4 is 5.32 Å². The van der Waals surface area contributed by atoms with Crippen molar-refractivity contribution in [3.8, 4) is 0 Å². The number of allylic oxidation sites excluding steroid dienone is 1. The maximum absolute atomic E-state index is 12.0. The zero-order valence-electron chi connectivity index (χ0n) is 15.6. The first kappa shape index (κ1) is 20.6. The molecule has 1 aromatic carbocycles. The third-order valence-corrected chi connectivity index (χ3v) is 6.01. The first-order chi connectivity index (χ1) is 12.4. The summed E-state index contributed by atoms with van der Waals surface area (Å²) in [5.74, 6) is -0.0442. The molecule has 0 spiro atoms. The number of benzene rings is 1. The standard InChI is InChI=1S/C20H30N2O3S/c1-26(24,25)22(16-14-19-10-6-3-7-11-19)17-15-21-20(23)13-12-18-8-4-2-5-9-18/h2,4-5,8-10H,3,6-7,11-17H2,1H3,(H,21,23). The molecular weight excluding hydrogens is 348 g/mol. The predicted molar refractivity (Wildman–Crippen MR) is 105 cm³/mol. The van der Waals surface area contributed by atoms with Gasteiger partial charge in [0.05, 0.1) is 6.26 Å². The molecule has 0 aliphatic heterocycles. The molecule has 0 unspecified atom stereocenters. The highest BCUT2D eigenvalue weighted by Gasteiger charge is 2.17. The lowest BCUT2D eigenvalue weighted by molar-refractivity contribution is -0.121. The largest absolute Gasteiger partial charge is 0.355 e. The van der Waals surface area contributed by atoms with E-state index in [1.165, 1.54) is 29.0 Å². The Hall–Kier alpha value is -1.66. The predicted octanol–water partition coefficient (Wildman–Crippen LogP) is 2.89. The van der Waals surface area contributed by atoms with Crippen molar-refractivity contribution in [1.82, 2.24) is 9.62 Å². The molecular formula is C20H30N2O3S. The minimum atomic E-state index is -3.26. The molecule has 0 saturated heterocycles. The van der Waals surface area contributed by atoms with Crippen LogP contribution in [0.5, 0.6) is 0 Å². The van der Waals surface area contributed by atoms with Crippen LogP contribution in [0.2, 0.25) is 0 Å². The van der Waals surface area contributed by atoms with Crippen molar-refractivity contribution in [2.75, 3.05) is 25.9 Å². The van der Waals surface area contributed by atoms with Gasteiger partial charge in [-0.15, -0.1) is 0 Å². The van der Waals surface area contributed by atoms with Crippen LogP contribution in [-0.2, 0) is 21.2 Å². The molecule has 0 fully saturated rings. The first-order valence-electron chi connectivity index (χ1n) is 9.39. The number of aryl methyl sites for hydroxylation is 1. The summed E-state index contributed by atoms with van der Waals surface area (Å²) in [5, 5.41) is 2.83. The number of nitrogens with one attached hydrogen (secondary N) is 1. The monoisotopic (exact) mass is 378 g/mol. The third kappa shape index (κ3) is 7.70. The van der Waals surface area contributed by atoms with E-state index in [4.69, 9.17) is 0 Å². The maximum atomic E-state index is 12.0. The molecule has 0 aromatic heterocycles. The number of carbonyl (C=O) groups is 1. The Morgan fingerprint density at radius 3 is 2.54 bits per heavy atom. The van der Waals surface area contributed by atoms with Crippen LogP contribution in [0.4, 0.5) is 0 Å². The van der Waals surface area contributed by atoms with Crippen molar-refractivity contribution in [3.63, 3.8) is 0 Å². The van der Waals surface area contributed by atoms with Gasteiger partial charge in [-0.3, -0.25) is 4.79 Å². The Morgan fingerprint density at radius 2 is 1.88 bits per heavy atom. The van der Waals surface area contributed by atoms with Crippen molar-refractivity contribution in [3.05, 3.63) is 47.5 Å². The number of hydrogen-bond donors (Lipinski definition) is 1. The van der Waals surface area contributed by atoms with Gasteiger partial charge in [-0.1, -0.05) is 42.0 Å². The Kier molecular flexibility index (Phi) is 8.32. The highest BCUT2D eigenvalue weighted by molar-refractivity contribution is 7.88. The lowest BCUT2D eigenvalue weighted by Gasteiger charge is -2.22. The molecule has 1 aromatic rings. The van der Waals surface area contributed by atoms with Gasteiger partial charge >= 0.3 is 0 Å². The van der Waals surface area contributed by atoms with Gasteiger partial charge in [-0.05, 0) is 44.1 Å². The topological polar surface area (TPSA) is 66.5 Å². The van der Waals surface area contributed by atoms with Crippen LogP contribution in [0.3, 0.4) is 0 Å². The molecule has 0 radical (unpaired) electrons. The Labute approximate surface area is 157 Å². The van der Waals surface area contributed by atoms with E-state index in [-0.39, 0.29) is 5.91 Å². The van der Waals surface area contributed by atoms with E-state index < -0.39 is 10.0 Å². The minimum Gasteiger partial charge on any atom is -0.355 e. The van der Waals surface area contributed by atoms with Gasteiger partial charge < -0.3 is 5.32 Å². The van der Waals surface area contributed by atoms with Gasteiger partial charge in [0.15, 0.2) is 0 Å². The van der Waals surface area contributed by atoms with E-state index in [0.717, 1.165) is 24.8 Å². The molecule has 0 atom stereocenters. The zero-order valence-corrected chi connectivity index (χ0v) is 16.4. The molecule has 0 saturated carbocycles. The van der Waals surface area contributed by atoms with Crippen LogP contribution in [-0.4, -0.2) is 44.5 Å². The van der Waals surface area contributed by atoms with E-state index >= 15 is 0 Å². The summed E-state index contributed by atoms with van der Waals surface area (Å²) < 4.78 is 25.4. The van der Waals surface area contributed by atoms with Crippen LogP contribution in [0.1, 0.15) is 44.1 Å². The fourth-order valence-electron chi connectivity index (χ4n) is 3.15. The van der Waals surface area contributed by atoms with Crippen molar-refractivity contribution in [2.45, 2.75) is 44.9 Å². The normalized spacial score (nSPS) is 14.9. The summed E-state index contributed by atoms with van der Waals surface area (Å²) in [6, 6.07) is 9.86. The average molecular weight is 379 g/mol. The number of rotatable bonds is 10. The second-order valence-corrected chi connectivity index (χ2v) is 8.84. The third-order valence-electron chi connectivity index (χ3n) is 4.70. The van der Waals surface area contributed by atoms with Crippen LogP contribution >= 0.6 is 0 Å². The molecule has 26 heavy (non-hydrogen) atoms. The summed E-state index contributed by atoms with van der Waals surface area (Å²) in [7, 11) is -3.26. The van der Waals surface area contributed by atoms with E-state index in [0.29, 0.717) is 32.5 Å². The van der Waals surface area contributed by atoms with E-state index in [1.807, 2.05) is 30.3 Å². The smallest absolute Gasteiger partial charge is 0.220 e. The molecule has 1 aliphatic carbocycles. The Morgan fingerprint density at radius 1 is 1.12 bits per heavy atom. The second kappa shape index (κ2) is 10.5. The fraction of sp³-hybridized carbons (Fsp3) is 0.550. The van der Waals surface area contributed by atoms with Gasteiger partial charge in [0.1, 0.15) is 0 Å². The summed E-state index contributed by atoms with van der Waals surface area (Å²) in [5.41, 5.74) is 2.48. The number of amides is 1. The highest BCUT2D eigenvalue weighted by Crippen LogP contribution is 2.20. The van der Waals surface area contributed by atoms with Crippen LogP contribution in [0.25, 0.3) is 0 Å². The molecule has 0 bridgehead atoms. The van der Waals surface area contributed by atoms with Gasteiger partial charge in [0.2, 0.25) is 15.9 Å². The molecule has 5 nitrogen and oxygen atoms in total. The maximum Gasteiger partial charge on any atom is 0.220 e. The summed E-state index contributed by atoms with van der Waals surface area (Å²) in [4.78, 5) is 12.0. The number of sulfonamides is 1. The highest BCUT2D eigenvalue weighted by atomic mass is 32.2. The van der Waals surface area contributed by atoms with E-state index in [2.05, 4.69) is 11.4 Å². The summed E-state index contributed by atoms with van der Waals surface area (Å²) in [6.07, 6.45) is 9.98. The van der Waals surface area contributed by atoms with Gasteiger partial charge in [0, 0.05) is 26.1 Å². The summed E-state index contributed by atoms with van der Waals surface area (Å²) >= 11 is 0. The van der Waals surface area contributed by atoms with Crippen molar-refractivity contribution >= 4 is 15.9 Å². The molecule has 6 heteroatoms. The van der Waals surface area contributed by atoms with Gasteiger partial charge in [-0.2, -0.15) is 0 Å². The number of nitrogens with zero attached hydrogens (tertiary/aromatic N) is 1. The molecule has 2 rings (SSSR count). The SMILES string of the molecule is CS(=O)(=O)N(CCNC(=O)CCc1ccccc1)CCC1=CCCCC1. The van der Waals surface area contributed by atoms with Crippen molar-refractivity contribution in [1.29, 1.82) is 0 Å². The second-order valence-electron chi connectivity index (χ2n) is 6.86. The van der Waals surface area contributed by atoms with Crippen LogP contribution in [0.15, 0.2) is 42.0 Å². The molecule has 0 heterocycles. The first-order valence-corrected chi connectivity index (χ1v) is 11.2. The molecule has 144 valence electrons. The minimum absolute atomic E-state index is 0.0442. The fourth-order valence-corrected chi connectivity index (χ4v) is 4.00. The average Bonchev–Trinajstić information content (AvgIpc) is 2.63.